The molecule has 1 aliphatic rings. The molecule has 90 valence electrons. The first kappa shape index (κ1) is 11.1. The molecule has 2 nitrogen and oxygen atoms in total. The molecule has 0 fully saturated rings. The van der Waals surface area contributed by atoms with Crippen molar-refractivity contribution < 1.29 is 5.11 Å². The molecule has 1 aliphatic carbocycles. The molecule has 2 aromatic rings. The second-order valence-corrected chi connectivity index (χ2v) is 6.15. The van der Waals surface area contributed by atoms with Gasteiger partial charge < -0.3 is 10.1 Å². The SMILES string of the molecule is CC1(C)Cc2[nH]c3c(Cl)cccc3c2C(O)C1. The minimum atomic E-state index is -0.388. The van der Waals surface area contributed by atoms with Gasteiger partial charge >= 0.3 is 0 Å². The van der Waals surface area contributed by atoms with Crippen LogP contribution >= 0.6 is 11.6 Å². The lowest BCUT2D eigenvalue weighted by molar-refractivity contribution is 0.100. The van der Waals surface area contributed by atoms with Crippen molar-refractivity contribution in [1.82, 2.24) is 4.98 Å². The van der Waals surface area contributed by atoms with Crippen molar-refractivity contribution in [3.8, 4) is 0 Å². The molecule has 0 radical (unpaired) electrons. The van der Waals surface area contributed by atoms with E-state index in [1.165, 1.54) is 0 Å². The van der Waals surface area contributed by atoms with Gasteiger partial charge in [-0.1, -0.05) is 37.6 Å². The predicted molar refractivity (Wildman–Crippen MR) is 70.4 cm³/mol. The van der Waals surface area contributed by atoms with E-state index in [-0.39, 0.29) is 11.5 Å². The van der Waals surface area contributed by atoms with E-state index in [0.717, 1.165) is 40.0 Å². The fraction of sp³-hybridized carbons (Fsp3) is 0.429. The molecule has 1 aromatic carbocycles. The highest BCUT2D eigenvalue weighted by Crippen LogP contribution is 2.44. The molecule has 1 heterocycles. The number of aromatic amines is 1. The van der Waals surface area contributed by atoms with E-state index in [9.17, 15) is 5.11 Å². The Morgan fingerprint density at radius 1 is 1.41 bits per heavy atom. The first-order valence-corrected chi connectivity index (χ1v) is 6.33. The lowest BCUT2D eigenvalue weighted by Gasteiger charge is -2.32. The van der Waals surface area contributed by atoms with Gasteiger partial charge in [-0.2, -0.15) is 0 Å². The number of hydrogen-bond donors (Lipinski definition) is 2. The molecule has 0 amide bonds. The first-order chi connectivity index (χ1) is 7.98. The maximum atomic E-state index is 10.3. The van der Waals surface area contributed by atoms with Crippen molar-refractivity contribution in [2.24, 2.45) is 5.41 Å². The van der Waals surface area contributed by atoms with E-state index in [2.05, 4.69) is 18.8 Å². The van der Waals surface area contributed by atoms with Gasteiger partial charge in [0.25, 0.3) is 0 Å². The van der Waals surface area contributed by atoms with Crippen LogP contribution in [0.1, 0.15) is 37.6 Å². The Labute approximate surface area is 106 Å². The van der Waals surface area contributed by atoms with Crippen LogP contribution in [-0.4, -0.2) is 10.1 Å². The number of rotatable bonds is 0. The van der Waals surface area contributed by atoms with Crippen LogP contribution < -0.4 is 0 Å². The summed E-state index contributed by atoms with van der Waals surface area (Å²) in [7, 11) is 0. The van der Waals surface area contributed by atoms with Crippen LogP contribution in [0.2, 0.25) is 5.02 Å². The molecule has 1 atom stereocenters. The summed E-state index contributed by atoms with van der Waals surface area (Å²) in [5.41, 5.74) is 3.27. The third-order valence-corrected chi connectivity index (χ3v) is 3.95. The molecule has 1 aromatic heterocycles. The van der Waals surface area contributed by atoms with Gasteiger partial charge in [-0.3, -0.25) is 0 Å². The second kappa shape index (κ2) is 3.50. The monoisotopic (exact) mass is 249 g/mol. The van der Waals surface area contributed by atoms with Crippen LogP contribution in [0.25, 0.3) is 10.9 Å². The van der Waals surface area contributed by atoms with Gasteiger partial charge in [0.1, 0.15) is 0 Å². The number of nitrogens with one attached hydrogen (secondary N) is 1. The van der Waals surface area contributed by atoms with E-state index >= 15 is 0 Å². The second-order valence-electron chi connectivity index (χ2n) is 5.74. The van der Waals surface area contributed by atoms with Crippen molar-refractivity contribution in [2.75, 3.05) is 0 Å². The maximum Gasteiger partial charge on any atom is 0.0818 e. The van der Waals surface area contributed by atoms with Gasteiger partial charge in [-0.25, -0.2) is 0 Å². The topological polar surface area (TPSA) is 36.0 Å². The average Bonchev–Trinajstić information content (AvgIpc) is 2.55. The van der Waals surface area contributed by atoms with Crippen molar-refractivity contribution in [3.63, 3.8) is 0 Å². The minimum Gasteiger partial charge on any atom is -0.388 e. The van der Waals surface area contributed by atoms with Gasteiger partial charge in [-0.15, -0.1) is 0 Å². The highest BCUT2D eigenvalue weighted by molar-refractivity contribution is 6.35. The van der Waals surface area contributed by atoms with Crippen LogP contribution in [0, 0.1) is 5.41 Å². The minimum absolute atomic E-state index is 0.139. The van der Waals surface area contributed by atoms with Crippen molar-refractivity contribution in [3.05, 3.63) is 34.5 Å². The summed E-state index contributed by atoms with van der Waals surface area (Å²) in [5.74, 6) is 0. The highest BCUT2D eigenvalue weighted by atomic mass is 35.5. The molecule has 3 rings (SSSR count). The Kier molecular flexibility index (Phi) is 2.29. The molecule has 0 saturated heterocycles. The van der Waals surface area contributed by atoms with E-state index in [1.54, 1.807) is 0 Å². The summed E-state index contributed by atoms with van der Waals surface area (Å²) in [6, 6.07) is 5.84. The number of hydrogen-bond acceptors (Lipinski definition) is 1. The number of aliphatic hydroxyl groups excluding tert-OH is 1. The zero-order valence-corrected chi connectivity index (χ0v) is 10.8. The molecule has 0 aliphatic heterocycles. The molecular weight excluding hydrogens is 234 g/mol. The van der Waals surface area contributed by atoms with E-state index in [1.807, 2.05) is 18.2 Å². The normalized spacial score (nSPS) is 22.7. The summed E-state index contributed by atoms with van der Waals surface area (Å²) >= 11 is 6.18. The molecule has 17 heavy (non-hydrogen) atoms. The van der Waals surface area contributed by atoms with E-state index in [4.69, 9.17) is 11.6 Å². The Morgan fingerprint density at radius 3 is 2.94 bits per heavy atom. The number of H-pyrrole nitrogens is 1. The Morgan fingerprint density at radius 2 is 2.18 bits per heavy atom. The number of halogens is 1. The maximum absolute atomic E-state index is 10.3. The van der Waals surface area contributed by atoms with E-state index < -0.39 is 0 Å². The Hall–Kier alpha value is -0.990. The molecular formula is C14H16ClNO. The smallest absolute Gasteiger partial charge is 0.0818 e. The molecule has 0 saturated carbocycles. The number of aromatic nitrogens is 1. The Balaban J connectivity index is 2.28. The fourth-order valence-corrected chi connectivity index (χ4v) is 3.17. The summed E-state index contributed by atoms with van der Waals surface area (Å²) in [4.78, 5) is 3.38. The molecule has 3 heteroatoms. The molecule has 1 unspecified atom stereocenters. The van der Waals surface area contributed by atoms with Gasteiger partial charge in [-0.05, 0) is 24.3 Å². The molecule has 2 N–H and O–H groups in total. The zero-order chi connectivity index (χ0) is 12.2. The Bertz CT molecular complexity index is 585. The predicted octanol–water partition coefficient (Wildman–Crippen LogP) is 3.83. The number of benzene rings is 1. The van der Waals surface area contributed by atoms with Crippen LogP contribution in [0.4, 0.5) is 0 Å². The molecule has 0 spiro atoms. The van der Waals surface area contributed by atoms with Gasteiger partial charge in [0, 0.05) is 16.6 Å². The lowest BCUT2D eigenvalue weighted by atomic mass is 9.75. The number of aliphatic hydroxyl groups is 1. The van der Waals surface area contributed by atoms with Crippen molar-refractivity contribution >= 4 is 22.5 Å². The number of para-hydroxylation sites is 1. The largest absolute Gasteiger partial charge is 0.388 e. The number of fused-ring (bicyclic) bond motifs is 3. The van der Waals surface area contributed by atoms with Crippen LogP contribution in [0.15, 0.2) is 18.2 Å². The fourth-order valence-electron chi connectivity index (χ4n) is 2.95. The van der Waals surface area contributed by atoms with Crippen LogP contribution in [0.3, 0.4) is 0 Å². The summed E-state index contributed by atoms with van der Waals surface area (Å²) in [5, 5.41) is 12.1. The van der Waals surface area contributed by atoms with E-state index in [0.29, 0.717) is 0 Å². The zero-order valence-electron chi connectivity index (χ0n) is 10.0. The van der Waals surface area contributed by atoms with Crippen molar-refractivity contribution in [1.29, 1.82) is 0 Å². The first-order valence-electron chi connectivity index (χ1n) is 5.95. The standard InChI is InChI=1S/C14H16ClNO/c1-14(2)6-10-12(11(17)7-14)8-4-3-5-9(15)13(8)16-10/h3-5,11,16-17H,6-7H2,1-2H3. The third kappa shape index (κ3) is 1.67. The average molecular weight is 250 g/mol. The van der Waals surface area contributed by atoms with Crippen LogP contribution in [0.5, 0.6) is 0 Å². The summed E-state index contributed by atoms with van der Waals surface area (Å²) in [6.45, 7) is 4.37. The summed E-state index contributed by atoms with van der Waals surface area (Å²) in [6.07, 6.45) is 1.38. The van der Waals surface area contributed by atoms with Crippen molar-refractivity contribution in [2.45, 2.75) is 32.8 Å². The quantitative estimate of drug-likeness (QED) is 0.732. The van der Waals surface area contributed by atoms with Gasteiger partial charge in [0.2, 0.25) is 0 Å². The van der Waals surface area contributed by atoms with Gasteiger partial charge in [0.05, 0.1) is 16.6 Å². The third-order valence-electron chi connectivity index (χ3n) is 3.64. The molecule has 0 bridgehead atoms. The lowest BCUT2D eigenvalue weighted by Crippen LogP contribution is -2.25. The van der Waals surface area contributed by atoms with Gasteiger partial charge in [0.15, 0.2) is 0 Å². The van der Waals surface area contributed by atoms with Crippen LogP contribution in [-0.2, 0) is 6.42 Å². The highest BCUT2D eigenvalue weighted by Gasteiger charge is 2.33. The summed E-state index contributed by atoms with van der Waals surface area (Å²) < 4.78 is 0.